The topological polar surface area (TPSA) is 71.3 Å². The smallest absolute Gasteiger partial charge is 0.274 e. The molecule has 0 spiro atoms. The number of hydrogen-bond acceptors (Lipinski definition) is 3. The number of nitrogens with zero attached hydrogens (tertiary/aromatic N) is 1. The number of hydroxylamine groups is 1. The van der Waals surface area contributed by atoms with Crippen LogP contribution in [-0.2, 0) is 6.54 Å². The number of carbonyl (C=O) groups excluding carboxylic acids is 2. The van der Waals surface area contributed by atoms with Crippen molar-refractivity contribution in [3.8, 4) is 0 Å². The number of amides is 1. The maximum absolute atomic E-state index is 13.1. The average molecular weight is 388 g/mol. The summed E-state index contributed by atoms with van der Waals surface area (Å²) < 4.78 is 15.1. The molecule has 0 fully saturated rings. The van der Waals surface area contributed by atoms with E-state index in [1.807, 2.05) is 41.1 Å². The van der Waals surface area contributed by atoms with E-state index in [-0.39, 0.29) is 11.6 Å². The molecule has 0 bridgehead atoms. The van der Waals surface area contributed by atoms with Gasteiger partial charge in [0.15, 0.2) is 5.78 Å². The molecule has 1 heterocycles. The Labute approximate surface area is 166 Å². The normalized spacial score (nSPS) is 10.8. The maximum atomic E-state index is 13.1. The molecular formula is C23H17FN2O3. The lowest BCUT2D eigenvalue weighted by Crippen LogP contribution is -2.18. The summed E-state index contributed by atoms with van der Waals surface area (Å²) in [5, 5.41) is 9.61. The second-order valence-electron chi connectivity index (χ2n) is 6.69. The first-order valence-electron chi connectivity index (χ1n) is 8.98. The molecule has 0 unspecified atom stereocenters. The zero-order valence-electron chi connectivity index (χ0n) is 15.3. The molecule has 144 valence electrons. The number of nitrogens with one attached hydrogen (secondary N) is 1. The van der Waals surface area contributed by atoms with Gasteiger partial charge in [0, 0.05) is 40.3 Å². The Balaban J connectivity index is 1.57. The molecule has 0 aliphatic heterocycles. The van der Waals surface area contributed by atoms with E-state index >= 15 is 0 Å². The van der Waals surface area contributed by atoms with Crippen LogP contribution < -0.4 is 5.48 Å². The fourth-order valence-electron chi connectivity index (χ4n) is 3.27. The summed E-state index contributed by atoms with van der Waals surface area (Å²) in [5.41, 5.74) is 4.93. The summed E-state index contributed by atoms with van der Waals surface area (Å²) in [5.74, 6) is -1.09. The molecule has 1 amide bonds. The van der Waals surface area contributed by atoms with E-state index < -0.39 is 5.91 Å². The molecule has 0 aliphatic rings. The highest BCUT2D eigenvalue weighted by Crippen LogP contribution is 2.21. The number of carbonyl (C=O) groups is 2. The molecule has 0 saturated carbocycles. The van der Waals surface area contributed by atoms with Crippen LogP contribution in [0.3, 0.4) is 0 Å². The van der Waals surface area contributed by atoms with E-state index in [2.05, 4.69) is 0 Å². The van der Waals surface area contributed by atoms with Crippen LogP contribution in [0, 0.1) is 5.82 Å². The first-order chi connectivity index (χ1) is 14.0. The Hall–Kier alpha value is -3.77. The van der Waals surface area contributed by atoms with Gasteiger partial charge in [0.05, 0.1) is 0 Å². The van der Waals surface area contributed by atoms with E-state index in [0.29, 0.717) is 23.2 Å². The summed E-state index contributed by atoms with van der Waals surface area (Å²) in [6.45, 7) is 0.593. The molecule has 0 saturated heterocycles. The highest BCUT2D eigenvalue weighted by molar-refractivity contribution is 6.10. The molecule has 0 radical (unpaired) electrons. The van der Waals surface area contributed by atoms with Crippen LogP contribution >= 0.6 is 0 Å². The van der Waals surface area contributed by atoms with Crippen molar-refractivity contribution in [1.82, 2.24) is 10.0 Å². The lowest BCUT2D eigenvalue weighted by Gasteiger charge is -2.08. The number of halogens is 1. The van der Waals surface area contributed by atoms with Crippen LogP contribution in [0.1, 0.15) is 31.8 Å². The predicted octanol–water partition coefficient (Wildman–Crippen LogP) is 4.18. The number of ketones is 1. The van der Waals surface area contributed by atoms with Crippen molar-refractivity contribution < 1.29 is 19.2 Å². The summed E-state index contributed by atoms with van der Waals surface area (Å²) in [7, 11) is 0. The minimum atomic E-state index is -0.554. The molecule has 4 aromatic rings. The van der Waals surface area contributed by atoms with Gasteiger partial charge in [-0.3, -0.25) is 14.8 Å². The third-order valence-corrected chi connectivity index (χ3v) is 4.81. The van der Waals surface area contributed by atoms with Gasteiger partial charge in [-0.25, -0.2) is 9.87 Å². The Kier molecular flexibility index (Phi) is 4.93. The second kappa shape index (κ2) is 7.69. The van der Waals surface area contributed by atoms with Gasteiger partial charge in [-0.2, -0.15) is 0 Å². The Bertz CT molecular complexity index is 1200. The van der Waals surface area contributed by atoms with Gasteiger partial charge >= 0.3 is 0 Å². The zero-order valence-corrected chi connectivity index (χ0v) is 15.3. The van der Waals surface area contributed by atoms with Crippen LogP contribution in [0.4, 0.5) is 4.39 Å². The van der Waals surface area contributed by atoms with Gasteiger partial charge in [-0.05, 0) is 66.2 Å². The maximum Gasteiger partial charge on any atom is 0.274 e. The third kappa shape index (κ3) is 3.79. The van der Waals surface area contributed by atoms with E-state index in [1.54, 1.807) is 23.7 Å². The molecule has 5 nitrogen and oxygen atoms in total. The van der Waals surface area contributed by atoms with Crippen molar-refractivity contribution in [1.29, 1.82) is 0 Å². The van der Waals surface area contributed by atoms with Crippen molar-refractivity contribution in [2.24, 2.45) is 0 Å². The highest BCUT2D eigenvalue weighted by atomic mass is 19.1. The molecule has 0 aliphatic carbocycles. The van der Waals surface area contributed by atoms with Crippen molar-refractivity contribution in [3.63, 3.8) is 0 Å². The summed E-state index contributed by atoms with van der Waals surface area (Å²) in [4.78, 5) is 24.0. The van der Waals surface area contributed by atoms with Crippen LogP contribution in [0.25, 0.3) is 10.9 Å². The van der Waals surface area contributed by atoms with Crippen molar-refractivity contribution in [3.05, 3.63) is 107 Å². The largest absolute Gasteiger partial charge is 0.343 e. The number of benzene rings is 3. The van der Waals surface area contributed by atoms with E-state index in [4.69, 9.17) is 5.21 Å². The molecule has 1 aromatic heterocycles. The van der Waals surface area contributed by atoms with Crippen LogP contribution in [0.2, 0.25) is 0 Å². The van der Waals surface area contributed by atoms with Crippen molar-refractivity contribution in [2.45, 2.75) is 6.54 Å². The van der Waals surface area contributed by atoms with Gasteiger partial charge in [-0.15, -0.1) is 0 Å². The van der Waals surface area contributed by atoms with Gasteiger partial charge in [-0.1, -0.05) is 12.1 Å². The van der Waals surface area contributed by atoms with Gasteiger partial charge < -0.3 is 4.57 Å². The molecular weight excluding hydrogens is 371 g/mol. The minimum absolute atomic E-state index is 0.155. The lowest BCUT2D eigenvalue weighted by atomic mass is 10.0. The molecule has 0 atom stereocenters. The third-order valence-electron chi connectivity index (χ3n) is 4.81. The fourth-order valence-corrected chi connectivity index (χ4v) is 3.27. The van der Waals surface area contributed by atoms with Crippen molar-refractivity contribution >= 4 is 22.6 Å². The fraction of sp³-hybridized carbons (Fsp3) is 0.0435. The summed E-state index contributed by atoms with van der Waals surface area (Å²) >= 11 is 0. The molecule has 6 heteroatoms. The quantitative estimate of drug-likeness (QED) is 0.306. The second-order valence-corrected chi connectivity index (χ2v) is 6.69. The average Bonchev–Trinajstić information content (AvgIpc) is 3.15. The number of aromatic nitrogens is 1. The number of fused-ring (bicyclic) bond motifs is 1. The van der Waals surface area contributed by atoms with E-state index in [0.717, 1.165) is 16.5 Å². The van der Waals surface area contributed by atoms with Crippen LogP contribution in [-0.4, -0.2) is 21.5 Å². The zero-order chi connectivity index (χ0) is 20.4. The minimum Gasteiger partial charge on any atom is -0.343 e. The van der Waals surface area contributed by atoms with Crippen molar-refractivity contribution in [2.75, 3.05) is 0 Å². The summed E-state index contributed by atoms with van der Waals surface area (Å²) in [6, 6.07) is 19.9. The van der Waals surface area contributed by atoms with Gasteiger partial charge in [0.1, 0.15) is 5.82 Å². The Morgan fingerprint density at radius 2 is 1.52 bits per heavy atom. The number of rotatable bonds is 5. The molecule has 4 rings (SSSR count). The predicted molar refractivity (Wildman–Crippen MR) is 107 cm³/mol. The highest BCUT2D eigenvalue weighted by Gasteiger charge is 2.11. The van der Waals surface area contributed by atoms with E-state index in [1.165, 1.54) is 24.3 Å². The van der Waals surface area contributed by atoms with Crippen LogP contribution in [0.5, 0.6) is 0 Å². The SMILES string of the molecule is O=C(NO)c1ccc(Cn2ccc3cc(C(=O)c4ccc(F)cc4)ccc32)cc1. The lowest BCUT2D eigenvalue weighted by molar-refractivity contribution is 0.0706. The standard InChI is InChI=1S/C23H17FN2O3/c24-20-8-5-16(6-9-20)22(27)19-7-10-21-18(13-19)11-12-26(21)14-15-1-3-17(4-2-15)23(28)25-29/h1-13,29H,14H2,(H,25,28). The van der Waals surface area contributed by atoms with Gasteiger partial charge in [0.25, 0.3) is 5.91 Å². The van der Waals surface area contributed by atoms with Crippen LogP contribution in [0.15, 0.2) is 79.0 Å². The number of hydrogen-bond donors (Lipinski definition) is 2. The molecule has 3 aromatic carbocycles. The first kappa shape index (κ1) is 18.6. The van der Waals surface area contributed by atoms with E-state index in [9.17, 15) is 14.0 Å². The Morgan fingerprint density at radius 1 is 0.862 bits per heavy atom. The Morgan fingerprint density at radius 3 is 2.21 bits per heavy atom. The monoisotopic (exact) mass is 388 g/mol. The molecule has 2 N–H and O–H groups in total. The first-order valence-corrected chi connectivity index (χ1v) is 8.98. The summed E-state index contributed by atoms with van der Waals surface area (Å²) in [6.07, 6.45) is 1.94. The van der Waals surface area contributed by atoms with Gasteiger partial charge in [0.2, 0.25) is 0 Å². The molecule has 29 heavy (non-hydrogen) atoms.